The summed E-state index contributed by atoms with van der Waals surface area (Å²) in [7, 11) is 0. The summed E-state index contributed by atoms with van der Waals surface area (Å²) in [4.78, 5) is 17.1. The van der Waals surface area contributed by atoms with Crippen LogP contribution in [0.5, 0.6) is 0 Å². The summed E-state index contributed by atoms with van der Waals surface area (Å²) in [5, 5.41) is 18.1. The number of nitrogens with zero attached hydrogens (tertiary/aromatic N) is 4. The lowest BCUT2D eigenvalue weighted by atomic mass is 10.1. The average Bonchev–Trinajstić information content (AvgIpc) is 3.48. The van der Waals surface area contributed by atoms with Gasteiger partial charge in [0.05, 0.1) is 17.7 Å². The second-order valence-corrected chi connectivity index (χ2v) is 8.60. The van der Waals surface area contributed by atoms with E-state index >= 15 is 0 Å². The number of amides is 1. The van der Waals surface area contributed by atoms with Crippen LogP contribution in [0.3, 0.4) is 0 Å². The fraction of sp³-hybridized carbons (Fsp3) is 0.250. The van der Waals surface area contributed by atoms with E-state index in [4.69, 9.17) is 16.9 Å². The molecular weight excluding hydrogens is 500 g/mol. The molecule has 36 heavy (non-hydrogen) atoms. The summed E-state index contributed by atoms with van der Waals surface area (Å²) in [5.41, 5.74) is -0.664. The van der Waals surface area contributed by atoms with E-state index in [2.05, 4.69) is 20.7 Å². The Balaban J connectivity index is 1.75. The Morgan fingerprint density at radius 1 is 1.17 bits per heavy atom. The number of rotatable bonds is 4. The van der Waals surface area contributed by atoms with Crippen LogP contribution in [0.15, 0.2) is 53.5 Å². The van der Waals surface area contributed by atoms with Crippen LogP contribution in [-0.2, 0) is 6.18 Å². The maximum Gasteiger partial charge on any atom is 0.435 e. The van der Waals surface area contributed by atoms with Crippen LogP contribution in [0.25, 0.3) is 0 Å². The lowest BCUT2D eigenvalue weighted by molar-refractivity contribution is -0.141. The van der Waals surface area contributed by atoms with Gasteiger partial charge in [-0.05, 0) is 49.2 Å². The molecule has 1 amide bonds. The van der Waals surface area contributed by atoms with E-state index < -0.39 is 23.6 Å². The van der Waals surface area contributed by atoms with Crippen molar-refractivity contribution in [3.05, 3.63) is 76.2 Å². The minimum Gasteiger partial charge on any atom is -0.325 e. The summed E-state index contributed by atoms with van der Waals surface area (Å²) < 4.78 is 55.5. The van der Waals surface area contributed by atoms with Crippen molar-refractivity contribution >= 4 is 35.0 Å². The Labute approximate surface area is 208 Å². The van der Waals surface area contributed by atoms with E-state index in [-0.39, 0.29) is 39.7 Å². The maximum atomic E-state index is 13.9. The third kappa shape index (κ3) is 6.01. The quantitative estimate of drug-likeness (QED) is 0.244. The molecule has 1 fully saturated rings. The van der Waals surface area contributed by atoms with Gasteiger partial charge in [0.25, 0.3) is 5.91 Å². The number of alkyl halides is 3. The topological polar surface area (TPSA) is 95.1 Å². The predicted octanol–water partition coefficient (Wildman–Crippen LogP) is 6.21. The van der Waals surface area contributed by atoms with Crippen molar-refractivity contribution in [1.29, 1.82) is 5.26 Å². The molecule has 2 aromatic carbocycles. The van der Waals surface area contributed by atoms with Crippen molar-refractivity contribution in [2.75, 3.05) is 5.32 Å². The molecule has 0 bridgehead atoms. The monoisotopic (exact) mass is 518 g/mol. The molecule has 1 aromatic heterocycles. The standard InChI is InChI=1S/C24H19ClF4N6O/c25-16-9-17(26)11-18(10-16)31-23(33-22(36)15-5-3-4-14(8-15)13-30)32-21-12-20(24(27,28)29)34-35(21)19-6-1-2-7-19/h3-5,8-12,19H,1-2,6-7H2,(H2,31,32,33,36). The highest BCUT2D eigenvalue weighted by Crippen LogP contribution is 2.37. The number of halogens is 5. The van der Waals surface area contributed by atoms with E-state index in [1.165, 1.54) is 35.0 Å². The molecule has 1 aliphatic rings. The first kappa shape index (κ1) is 25.2. The van der Waals surface area contributed by atoms with Crippen molar-refractivity contribution in [2.24, 2.45) is 4.99 Å². The number of carbonyl (C=O) groups is 1. The fourth-order valence-corrected chi connectivity index (χ4v) is 4.12. The Bertz CT molecular complexity index is 1340. The first-order valence-corrected chi connectivity index (χ1v) is 11.3. The Morgan fingerprint density at radius 2 is 1.92 bits per heavy atom. The first-order chi connectivity index (χ1) is 17.1. The van der Waals surface area contributed by atoms with Gasteiger partial charge in [-0.15, -0.1) is 0 Å². The van der Waals surface area contributed by atoms with E-state index in [0.717, 1.165) is 31.0 Å². The molecule has 0 unspecified atom stereocenters. The van der Waals surface area contributed by atoms with E-state index in [0.29, 0.717) is 12.8 Å². The molecule has 2 N–H and O–H groups in total. The average molecular weight is 519 g/mol. The molecule has 12 heteroatoms. The van der Waals surface area contributed by atoms with Crippen LogP contribution in [0.2, 0.25) is 5.02 Å². The Kier molecular flexibility index (Phi) is 7.26. The first-order valence-electron chi connectivity index (χ1n) is 10.9. The van der Waals surface area contributed by atoms with Gasteiger partial charge >= 0.3 is 6.18 Å². The Morgan fingerprint density at radius 3 is 2.58 bits per heavy atom. The molecule has 3 aromatic rings. The zero-order valence-corrected chi connectivity index (χ0v) is 19.4. The van der Waals surface area contributed by atoms with Crippen molar-refractivity contribution < 1.29 is 22.4 Å². The summed E-state index contributed by atoms with van der Waals surface area (Å²) in [6.45, 7) is 0. The molecule has 0 saturated heterocycles. The number of aliphatic imine (C=N–C) groups is 1. The van der Waals surface area contributed by atoms with Crippen molar-refractivity contribution in [3.8, 4) is 6.07 Å². The normalized spacial score (nSPS) is 14.5. The second kappa shape index (κ2) is 10.4. The van der Waals surface area contributed by atoms with Gasteiger partial charge in [0.15, 0.2) is 11.5 Å². The maximum absolute atomic E-state index is 13.9. The summed E-state index contributed by atoms with van der Waals surface area (Å²) in [6.07, 6.45) is -1.74. The van der Waals surface area contributed by atoms with Crippen LogP contribution in [0, 0.1) is 17.1 Å². The highest BCUT2D eigenvalue weighted by Gasteiger charge is 2.36. The van der Waals surface area contributed by atoms with Crippen LogP contribution in [-0.4, -0.2) is 21.6 Å². The van der Waals surface area contributed by atoms with E-state index in [1.807, 2.05) is 6.07 Å². The summed E-state index contributed by atoms with van der Waals surface area (Å²) >= 11 is 5.92. The van der Waals surface area contributed by atoms with Gasteiger partial charge in [0.1, 0.15) is 5.82 Å². The molecule has 1 saturated carbocycles. The molecule has 0 atom stereocenters. The summed E-state index contributed by atoms with van der Waals surface area (Å²) in [6, 6.07) is 11.8. The third-order valence-electron chi connectivity index (χ3n) is 5.51. The molecule has 0 radical (unpaired) electrons. The van der Waals surface area contributed by atoms with E-state index in [1.54, 1.807) is 0 Å². The van der Waals surface area contributed by atoms with Gasteiger partial charge in [-0.2, -0.15) is 28.5 Å². The van der Waals surface area contributed by atoms with Crippen molar-refractivity contribution in [3.63, 3.8) is 0 Å². The molecule has 1 heterocycles. The second-order valence-electron chi connectivity index (χ2n) is 8.16. The van der Waals surface area contributed by atoms with Crippen molar-refractivity contribution in [2.45, 2.75) is 37.9 Å². The number of guanidine groups is 1. The molecule has 0 aliphatic heterocycles. The van der Waals surface area contributed by atoms with Crippen molar-refractivity contribution in [1.82, 2.24) is 15.1 Å². The molecule has 0 spiro atoms. The predicted molar refractivity (Wildman–Crippen MR) is 125 cm³/mol. The zero-order valence-electron chi connectivity index (χ0n) is 18.6. The number of carbonyl (C=O) groups excluding carboxylic acids is 1. The van der Waals surface area contributed by atoms with Crippen LogP contribution < -0.4 is 10.6 Å². The molecular formula is C24H19ClF4N6O. The number of anilines is 1. The fourth-order valence-electron chi connectivity index (χ4n) is 3.90. The number of nitriles is 1. The largest absolute Gasteiger partial charge is 0.435 e. The van der Waals surface area contributed by atoms with Gasteiger partial charge < -0.3 is 5.32 Å². The minimum absolute atomic E-state index is 0.0558. The lowest BCUT2D eigenvalue weighted by Crippen LogP contribution is -2.36. The van der Waals surface area contributed by atoms with Crippen LogP contribution >= 0.6 is 11.6 Å². The SMILES string of the molecule is N#Cc1cccc(C(=O)NC(=Nc2cc(C(F)(F)F)nn2C2CCCC2)Nc2cc(F)cc(Cl)c2)c1. The Hall–Kier alpha value is -3.91. The number of aromatic nitrogens is 2. The van der Waals surface area contributed by atoms with Gasteiger partial charge in [0, 0.05) is 22.3 Å². The molecule has 4 rings (SSSR count). The molecule has 7 nitrogen and oxygen atoms in total. The zero-order chi connectivity index (χ0) is 25.9. The van der Waals surface area contributed by atoms with Gasteiger partial charge in [0.2, 0.25) is 5.96 Å². The van der Waals surface area contributed by atoms with Crippen LogP contribution in [0.1, 0.15) is 53.3 Å². The summed E-state index contributed by atoms with van der Waals surface area (Å²) in [5.74, 6) is -1.78. The molecule has 1 aliphatic carbocycles. The van der Waals surface area contributed by atoms with Gasteiger partial charge in [-0.25, -0.2) is 9.07 Å². The number of hydrogen-bond donors (Lipinski definition) is 2. The van der Waals surface area contributed by atoms with Gasteiger partial charge in [-0.3, -0.25) is 10.1 Å². The third-order valence-corrected chi connectivity index (χ3v) is 5.73. The van der Waals surface area contributed by atoms with Crippen LogP contribution in [0.4, 0.5) is 29.1 Å². The van der Waals surface area contributed by atoms with E-state index in [9.17, 15) is 22.4 Å². The smallest absolute Gasteiger partial charge is 0.325 e. The number of nitrogens with one attached hydrogen (secondary N) is 2. The molecule has 186 valence electrons. The van der Waals surface area contributed by atoms with Gasteiger partial charge in [-0.1, -0.05) is 30.5 Å². The highest BCUT2D eigenvalue weighted by atomic mass is 35.5. The number of benzene rings is 2. The lowest BCUT2D eigenvalue weighted by Gasteiger charge is -2.15. The minimum atomic E-state index is -4.70. The number of hydrogen-bond acceptors (Lipinski definition) is 4. The highest BCUT2D eigenvalue weighted by molar-refractivity contribution is 6.31.